The molecule has 0 aromatic heterocycles. The van der Waals surface area contributed by atoms with E-state index in [2.05, 4.69) is 13.0 Å². The fraction of sp³-hybridized carbons (Fsp3) is 0.844. The van der Waals surface area contributed by atoms with E-state index in [4.69, 9.17) is 23.7 Å². The van der Waals surface area contributed by atoms with Crippen LogP contribution in [0.4, 0.5) is 0 Å². The highest BCUT2D eigenvalue weighted by atomic mass is 16.8. The van der Waals surface area contributed by atoms with Gasteiger partial charge in [-0.1, -0.05) is 38.8 Å². The van der Waals surface area contributed by atoms with Crippen molar-refractivity contribution in [1.29, 1.82) is 0 Å². The molecule has 2 aliphatic heterocycles. The molecular formula is C32H46O9. The van der Waals surface area contributed by atoms with Crippen LogP contribution in [0.3, 0.4) is 0 Å². The van der Waals surface area contributed by atoms with Gasteiger partial charge in [0.2, 0.25) is 0 Å². The van der Waals surface area contributed by atoms with Crippen molar-refractivity contribution < 1.29 is 43.2 Å². The number of rotatable bonds is 9. The molecule has 12 atom stereocenters. The van der Waals surface area contributed by atoms with Crippen LogP contribution >= 0.6 is 0 Å². The largest absolute Gasteiger partial charge is 0.481 e. The van der Waals surface area contributed by atoms with Crippen molar-refractivity contribution >= 4 is 18.2 Å². The summed E-state index contributed by atoms with van der Waals surface area (Å²) < 4.78 is 30.0. The van der Waals surface area contributed by atoms with Crippen LogP contribution in [0, 0.1) is 45.8 Å². The minimum Gasteiger partial charge on any atom is -0.481 e. The molecule has 0 spiro atoms. The predicted octanol–water partition coefficient (Wildman–Crippen LogP) is 4.17. The van der Waals surface area contributed by atoms with E-state index in [1.807, 2.05) is 41.5 Å². The van der Waals surface area contributed by atoms with Gasteiger partial charge >= 0.3 is 11.9 Å². The number of carboxylic acid groups (broad SMARTS) is 1. The van der Waals surface area contributed by atoms with Crippen molar-refractivity contribution in [3.8, 4) is 0 Å². The van der Waals surface area contributed by atoms with Crippen molar-refractivity contribution in [2.45, 2.75) is 110 Å². The number of ether oxygens (including phenoxy) is 5. The van der Waals surface area contributed by atoms with Gasteiger partial charge in [-0.3, -0.25) is 4.79 Å². The maximum atomic E-state index is 13.6. The number of aldehydes is 1. The number of esters is 1. The summed E-state index contributed by atoms with van der Waals surface area (Å²) >= 11 is 0. The third kappa shape index (κ3) is 3.97. The molecule has 2 saturated heterocycles. The lowest BCUT2D eigenvalue weighted by Crippen LogP contribution is -2.64. The molecule has 0 radical (unpaired) electrons. The van der Waals surface area contributed by atoms with Crippen molar-refractivity contribution in [3.05, 3.63) is 11.6 Å². The number of epoxide rings is 1. The minimum atomic E-state index is -1.28. The molecule has 7 unspecified atom stereocenters. The Morgan fingerprint density at radius 2 is 1.85 bits per heavy atom. The molecule has 2 heterocycles. The first kappa shape index (κ1) is 29.3. The molecule has 9 nitrogen and oxygen atoms in total. The van der Waals surface area contributed by atoms with Crippen LogP contribution < -0.4 is 0 Å². The molecule has 0 aromatic carbocycles. The van der Waals surface area contributed by atoms with E-state index in [-0.39, 0.29) is 43.2 Å². The van der Waals surface area contributed by atoms with E-state index in [1.165, 1.54) is 0 Å². The van der Waals surface area contributed by atoms with Crippen molar-refractivity contribution in [2.75, 3.05) is 13.2 Å². The van der Waals surface area contributed by atoms with Gasteiger partial charge in [0.25, 0.3) is 0 Å². The first-order valence-electron chi connectivity index (χ1n) is 15.4. The standard InChI is InChI=1S/C32H46O9/c1-16(2)22-10-19-11-30(14-33)21-9-8-17(3)20(21)12-31(19,32(22,30)28(35)36)15-38-27-26-25(40-26)24(18(4)39-27)37-13-23(34)41-29(5,6)7/h10,14,16-21,24-27H,8-9,11-13,15H2,1-7H3,(H,35,36)/t17?,18-,19?,20?,21?,24-,25+,26+,27-,30?,31?,32?/m1/s1. The Morgan fingerprint density at radius 3 is 2.49 bits per heavy atom. The van der Waals surface area contributed by atoms with E-state index in [0.29, 0.717) is 18.3 Å². The second-order valence-corrected chi connectivity index (χ2v) is 14.9. The fourth-order valence-electron chi connectivity index (χ4n) is 10.0. The summed E-state index contributed by atoms with van der Waals surface area (Å²) in [6.07, 6.45) is 4.29. The van der Waals surface area contributed by atoms with Gasteiger partial charge in [0.1, 0.15) is 42.2 Å². The maximum absolute atomic E-state index is 13.6. The third-order valence-corrected chi connectivity index (χ3v) is 11.4. The SMILES string of the molecule is CC(C)C1=CC2CC3(C=O)C4CCC(C)C4CC2(CO[C@@H]2O[C@H](C)[C@@H](OCC(=O)OC(C)(C)C)[C@@H]4O[C@H]24)C13C(=O)O. The van der Waals surface area contributed by atoms with Gasteiger partial charge in [0.05, 0.1) is 18.1 Å². The van der Waals surface area contributed by atoms with Crippen LogP contribution in [0.5, 0.6) is 0 Å². The molecule has 5 fully saturated rings. The van der Waals surface area contributed by atoms with Gasteiger partial charge in [-0.15, -0.1) is 0 Å². The number of carbonyl (C=O) groups is 3. The Bertz CT molecular complexity index is 1140. The van der Waals surface area contributed by atoms with Crippen LogP contribution in [0.25, 0.3) is 0 Å². The van der Waals surface area contributed by atoms with Gasteiger partial charge < -0.3 is 33.6 Å². The summed E-state index contributed by atoms with van der Waals surface area (Å²) in [5.74, 6) is -0.551. The van der Waals surface area contributed by atoms with Crippen LogP contribution in [-0.4, -0.2) is 72.9 Å². The molecule has 3 saturated carbocycles. The fourth-order valence-corrected chi connectivity index (χ4v) is 10.0. The van der Waals surface area contributed by atoms with E-state index < -0.39 is 52.3 Å². The summed E-state index contributed by atoms with van der Waals surface area (Å²) in [4.78, 5) is 39.0. The Balaban J connectivity index is 1.23. The number of carbonyl (C=O) groups excluding carboxylic acids is 2. The average Bonchev–Trinajstić information content (AvgIpc) is 3.47. The number of allylic oxidation sites excluding steroid dienone is 1. The lowest BCUT2D eigenvalue weighted by atomic mass is 9.43. The molecule has 6 rings (SSSR count). The summed E-state index contributed by atoms with van der Waals surface area (Å²) in [5, 5.41) is 11.1. The Kier molecular flexibility index (Phi) is 6.85. The Hall–Kier alpha value is -1.81. The highest BCUT2D eigenvalue weighted by Crippen LogP contribution is 2.82. The predicted molar refractivity (Wildman–Crippen MR) is 147 cm³/mol. The number of hydrogen-bond acceptors (Lipinski definition) is 8. The number of carboxylic acids is 1. The highest BCUT2D eigenvalue weighted by molar-refractivity contribution is 5.90. The maximum Gasteiger partial charge on any atom is 0.332 e. The van der Waals surface area contributed by atoms with Crippen molar-refractivity contribution in [1.82, 2.24) is 0 Å². The van der Waals surface area contributed by atoms with Gasteiger partial charge in [-0.25, -0.2) is 4.79 Å². The molecule has 4 aliphatic carbocycles. The third-order valence-electron chi connectivity index (χ3n) is 11.4. The van der Waals surface area contributed by atoms with Crippen LogP contribution in [-0.2, 0) is 38.1 Å². The first-order chi connectivity index (χ1) is 19.2. The van der Waals surface area contributed by atoms with Crippen LogP contribution in [0.15, 0.2) is 11.6 Å². The molecular weight excluding hydrogens is 528 g/mol. The lowest BCUT2D eigenvalue weighted by Gasteiger charge is -2.58. The van der Waals surface area contributed by atoms with Gasteiger partial charge in [0.15, 0.2) is 6.29 Å². The van der Waals surface area contributed by atoms with Gasteiger partial charge in [-0.05, 0) is 76.5 Å². The van der Waals surface area contributed by atoms with Gasteiger partial charge in [-0.2, -0.15) is 0 Å². The van der Waals surface area contributed by atoms with E-state index in [1.54, 1.807) is 0 Å². The normalized spacial score (nSPS) is 47.5. The molecule has 0 aromatic rings. The summed E-state index contributed by atoms with van der Waals surface area (Å²) in [6, 6.07) is 0. The summed E-state index contributed by atoms with van der Waals surface area (Å²) in [5.41, 5.74) is -2.63. The monoisotopic (exact) mass is 574 g/mol. The summed E-state index contributed by atoms with van der Waals surface area (Å²) in [7, 11) is 0. The molecule has 1 N–H and O–H groups in total. The zero-order valence-electron chi connectivity index (χ0n) is 25.4. The Morgan fingerprint density at radius 1 is 1.12 bits per heavy atom. The molecule has 9 heteroatoms. The Labute approximate surface area is 242 Å². The van der Waals surface area contributed by atoms with Crippen molar-refractivity contribution in [2.24, 2.45) is 45.8 Å². The van der Waals surface area contributed by atoms with E-state index in [0.717, 1.165) is 31.1 Å². The average molecular weight is 575 g/mol. The van der Waals surface area contributed by atoms with E-state index in [9.17, 15) is 19.5 Å². The second kappa shape index (κ2) is 9.60. The highest BCUT2D eigenvalue weighted by Gasteiger charge is 2.84. The molecule has 0 amide bonds. The minimum absolute atomic E-state index is 0.00968. The molecule has 228 valence electrons. The van der Waals surface area contributed by atoms with Crippen LogP contribution in [0.2, 0.25) is 0 Å². The number of aliphatic carboxylic acids is 1. The zero-order valence-corrected chi connectivity index (χ0v) is 25.4. The molecule has 41 heavy (non-hydrogen) atoms. The lowest BCUT2D eigenvalue weighted by molar-refractivity contribution is -0.240. The zero-order chi connectivity index (χ0) is 29.7. The molecule has 6 aliphatic rings. The quantitative estimate of drug-likeness (QED) is 0.187. The first-order valence-corrected chi connectivity index (χ1v) is 15.4. The van der Waals surface area contributed by atoms with E-state index >= 15 is 0 Å². The van der Waals surface area contributed by atoms with Crippen molar-refractivity contribution in [3.63, 3.8) is 0 Å². The van der Waals surface area contributed by atoms with Crippen LogP contribution in [0.1, 0.15) is 74.1 Å². The van der Waals surface area contributed by atoms with Gasteiger partial charge in [0, 0.05) is 5.41 Å². The summed E-state index contributed by atoms with van der Waals surface area (Å²) in [6.45, 7) is 13.6. The molecule has 4 bridgehead atoms. The topological polar surface area (TPSA) is 121 Å². The smallest absolute Gasteiger partial charge is 0.332 e. The number of hydrogen-bond donors (Lipinski definition) is 1. The number of fused-ring (bicyclic) bond motifs is 3. The second-order valence-electron chi connectivity index (χ2n) is 14.9.